The van der Waals surface area contributed by atoms with Crippen LogP contribution < -0.4 is 5.32 Å². The summed E-state index contributed by atoms with van der Waals surface area (Å²) in [7, 11) is 0. The highest BCUT2D eigenvalue weighted by Crippen LogP contribution is 2.15. The van der Waals surface area contributed by atoms with E-state index < -0.39 is 0 Å². The molecule has 0 saturated carbocycles. The quantitative estimate of drug-likeness (QED) is 0.528. The highest BCUT2D eigenvalue weighted by Gasteiger charge is 2.08. The lowest BCUT2D eigenvalue weighted by atomic mass is 10.3. The lowest BCUT2D eigenvalue weighted by Crippen LogP contribution is -2.14. The Morgan fingerprint density at radius 3 is 2.90 bits per heavy atom. The SMILES string of the molecule is O=C(CSc1nc2ncccn2n1)Nc1ccc(I)cc1. The van der Waals surface area contributed by atoms with Gasteiger partial charge in [0.25, 0.3) is 5.78 Å². The van der Waals surface area contributed by atoms with Gasteiger partial charge in [0.05, 0.1) is 5.75 Å². The fraction of sp³-hybridized carbons (Fsp3) is 0.0769. The van der Waals surface area contributed by atoms with Crippen molar-refractivity contribution < 1.29 is 4.79 Å². The van der Waals surface area contributed by atoms with Gasteiger partial charge < -0.3 is 5.32 Å². The Labute approximate surface area is 138 Å². The zero-order valence-corrected chi connectivity index (χ0v) is 13.7. The third-order valence-corrected chi connectivity index (χ3v) is 4.11. The van der Waals surface area contributed by atoms with E-state index in [1.807, 2.05) is 24.3 Å². The molecular weight excluding hydrogens is 401 g/mol. The Balaban J connectivity index is 1.59. The minimum absolute atomic E-state index is 0.0898. The Morgan fingerprint density at radius 2 is 2.14 bits per heavy atom. The Hall–Kier alpha value is -1.68. The molecule has 0 bridgehead atoms. The molecular formula is C13H10IN5OS. The summed E-state index contributed by atoms with van der Waals surface area (Å²) in [5.41, 5.74) is 0.783. The van der Waals surface area contributed by atoms with Gasteiger partial charge in [-0.25, -0.2) is 9.50 Å². The number of aromatic nitrogens is 4. The van der Waals surface area contributed by atoms with Gasteiger partial charge >= 0.3 is 0 Å². The fourth-order valence-electron chi connectivity index (χ4n) is 1.64. The van der Waals surface area contributed by atoms with Crippen LogP contribution in [0.2, 0.25) is 0 Å². The van der Waals surface area contributed by atoms with Crippen LogP contribution in [0.15, 0.2) is 47.9 Å². The van der Waals surface area contributed by atoms with Crippen LogP contribution in [0.1, 0.15) is 0 Å². The number of carbonyl (C=O) groups excluding carboxylic acids is 1. The number of thioether (sulfide) groups is 1. The number of nitrogens with one attached hydrogen (secondary N) is 1. The summed E-state index contributed by atoms with van der Waals surface area (Å²) in [6.45, 7) is 0. The normalized spacial score (nSPS) is 10.7. The number of hydrogen-bond acceptors (Lipinski definition) is 5. The molecule has 0 fully saturated rings. The first-order valence-corrected chi connectivity index (χ1v) is 8.13. The zero-order chi connectivity index (χ0) is 14.7. The van der Waals surface area contributed by atoms with E-state index >= 15 is 0 Å². The summed E-state index contributed by atoms with van der Waals surface area (Å²) in [5.74, 6) is 0.689. The first-order chi connectivity index (χ1) is 10.2. The predicted molar refractivity (Wildman–Crippen MR) is 89.3 cm³/mol. The molecule has 3 rings (SSSR count). The van der Waals surface area contributed by atoms with Gasteiger partial charge in [-0.15, -0.1) is 5.10 Å². The number of halogens is 1. The number of anilines is 1. The number of hydrogen-bond donors (Lipinski definition) is 1. The summed E-state index contributed by atoms with van der Waals surface area (Å²) in [6, 6.07) is 9.41. The van der Waals surface area contributed by atoms with Gasteiger partial charge in [0.15, 0.2) is 0 Å². The molecule has 1 N–H and O–H groups in total. The monoisotopic (exact) mass is 411 g/mol. The highest BCUT2D eigenvalue weighted by molar-refractivity contribution is 14.1. The standard InChI is InChI=1S/C13H10IN5OS/c14-9-2-4-10(5-3-9)16-11(20)8-21-13-17-12-15-6-1-7-19(12)18-13/h1-7H,8H2,(H,16,20). The van der Waals surface area contributed by atoms with E-state index in [0.29, 0.717) is 10.9 Å². The molecule has 0 atom stereocenters. The van der Waals surface area contributed by atoms with Gasteiger partial charge in [0.1, 0.15) is 0 Å². The topological polar surface area (TPSA) is 72.2 Å². The van der Waals surface area contributed by atoms with Crippen LogP contribution in [0.3, 0.4) is 0 Å². The lowest BCUT2D eigenvalue weighted by Gasteiger charge is -2.03. The van der Waals surface area contributed by atoms with Crippen LogP contribution in [0.5, 0.6) is 0 Å². The van der Waals surface area contributed by atoms with Gasteiger partial charge in [-0.3, -0.25) is 4.79 Å². The minimum atomic E-state index is -0.0898. The molecule has 8 heteroatoms. The smallest absolute Gasteiger partial charge is 0.253 e. The van der Waals surface area contributed by atoms with E-state index in [4.69, 9.17) is 0 Å². The maximum Gasteiger partial charge on any atom is 0.253 e. The summed E-state index contributed by atoms with van der Waals surface area (Å²) in [6.07, 6.45) is 3.42. The van der Waals surface area contributed by atoms with E-state index in [1.54, 1.807) is 23.0 Å². The molecule has 106 valence electrons. The molecule has 6 nitrogen and oxygen atoms in total. The van der Waals surface area contributed by atoms with Gasteiger partial charge in [-0.2, -0.15) is 4.98 Å². The molecule has 3 aromatic rings. The first-order valence-electron chi connectivity index (χ1n) is 6.06. The average molecular weight is 411 g/mol. The van der Waals surface area contributed by atoms with Crippen LogP contribution >= 0.6 is 34.4 Å². The molecule has 2 aromatic heterocycles. The Kier molecular flexibility index (Phi) is 4.34. The summed E-state index contributed by atoms with van der Waals surface area (Å²) < 4.78 is 2.71. The van der Waals surface area contributed by atoms with Crippen LogP contribution in [-0.2, 0) is 4.79 Å². The fourth-order valence-corrected chi connectivity index (χ4v) is 2.62. The molecule has 1 amide bonds. The maximum absolute atomic E-state index is 11.9. The molecule has 1 aromatic carbocycles. The average Bonchev–Trinajstić information content (AvgIpc) is 2.90. The third-order valence-electron chi connectivity index (χ3n) is 2.56. The molecule has 0 unspecified atom stereocenters. The molecule has 0 radical (unpaired) electrons. The van der Waals surface area contributed by atoms with Gasteiger partial charge in [0, 0.05) is 21.7 Å². The number of fused-ring (bicyclic) bond motifs is 1. The Morgan fingerprint density at radius 1 is 1.33 bits per heavy atom. The van der Waals surface area contributed by atoms with Gasteiger partial charge in [-0.05, 0) is 52.9 Å². The van der Waals surface area contributed by atoms with Crippen molar-refractivity contribution in [2.45, 2.75) is 5.16 Å². The summed E-state index contributed by atoms with van der Waals surface area (Å²) in [5, 5.41) is 7.59. The van der Waals surface area contributed by atoms with Crippen LogP contribution in [0.4, 0.5) is 5.69 Å². The van der Waals surface area contributed by atoms with Crippen molar-refractivity contribution in [3.05, 3.63) is 46.3 Å². The summed E-state index contributed by atoms with van der Waals surface area (Å²) >= 11 is 3.50. The van der Waals surface area contributed by atoms with Crippen molar-refractivity contribution >= 4 is 51.7 Å². The van der Waals surface area contributed by atoms with E-state index in [9.17, 15) is 4.79 Å². The minimum Gasteiger partial charge on any atom is -0.325 e. The van der Waals surface area contributed by atoms with Crippen molar-refractivity contribution in [1.82, 2.24) is 19.6 Å². The number of carbonyl (C=O) groups is 1. The van der Waals surface area contributed by atoms with E-state index in [-0.39, 0.29) is 11.7 Å². The van der Waals surface area contributed by atoms with Crippen molar-refractivity contribution in [1.29, 1.82) is 0 Å². The van der Waals surface area contributed by atoms with Crippen LogP contribution in [0, 0.1) is 3.57 Å². The largest absolute Gasteiger partial charge is 0.325 e. The Bertz CT molecular complexity index is 741. The highest BCUT2D eigenvalue weighted by atomic mass is 127. The molecule has 2 heterocycles. The van der Waals surface area contributed by atoms with Crippen molar-refractivity contribution in [3.63, 3.8) is 0 Å². The van der Waals surface area contributed by atoms with Crippen molar-refractivity contribution in [2.75, 3.05) is 11.1 Å². The molecule has 0 aliphatic rings. The number of benzene rings is 1. The summed E-state index contributed by atoms with van der Waals surface area (Å²) in [4.78, 5) is 20.2. The van der Waals surface area contributed by atoms with E-state index in [1.165, 1.54) is 11.8 Å². The number of amides is 1. The second kappa shape index (κ2) is 6.39. The van der Waals surface area contributed by atoms with Crippen molar-refractivity contribution in [3.8, 4) is 0 Å². The first kappa shape index (κ1) is 14.3. The second-order valence-electron chi connectivity index (χ2n) is 4.10. The number of nitrogens with zero attached hydrogens (tertiary/aromatic N) is 4. The molecule has 0 aliphatic heterocycles. The molecule has 21 heavy (non-hydrogen) atoms. The number of rotatable bonds is 4. The van der Waals surface area contributed by atoms with Crippen molar-refractivity contribution in [2.24, 2.45) is 0 Å². The molecule has 0 saturated heterocycles. The van der Waals surface area contributed by atoms with Crippen LogP contribution in [0.25, 0.3) is 5.78 Å². The van der Waals surface area contributed by atoms with Crippen LogP contribution in [-0.4, -0.2) is 31.2 Å². The lowest BCUT2D eigenvalue weighted by molar-refractivity contribution is -0.113. The van der Waals surface area contributed by atoms with E-state index in [2.05, 4.69) is 43.0 Å². The third kappa shape index (κ3) is 3.70. The zero-order valence-electron chi connectivity index (χ0n) is 10.7. The maximum atomic E-state index is 11.9. The van der Waals surface area contributed by atoms with Gasteiger partial charge in [-0.1, -0.05) is 11.8 Å². The molecule has 0 spiro atoms. The van der Waals surface area contributed by atoms with Gasteiger partial charge in [0.2, 0.25) is 11.1 Å². The second-order valence-corrected chi connectivity index (χ2v) is 6.29. The molecule has 0 aliphatic carbocycles. The van der Waals surface area contributed by atoms with E-state index in [0.717, 1.165) is 9.26 Å². The predicted octanol–water partition coefficient (Wildman–Crippen LogP) is 2.46.